The van der Waals surface area contributed by atoms with E-state index in [1.807, 2.05) is 60.7 Å². The highest BCUT2D eigenvalue weighted by atomic mass is 35.5. The van der Waals surface area contributed by atoms with Crippen molar-refractivity contribution >= 4 is 75.0 Å². The third kappa shape index (κ3) is 5.76. The summed E-state index contributed by atoms with van der Waals surface area (Å²) >= 11 is 26.5. The van der Waals surface area contributed by atoms with E-state index in [9.17, 15) is 4.79 Å². The molecule has 0 saturated heterocycles. The van der Waals surface area contributed by atoms with Crippen LogP contribution in [0, 0.1) is 0 Å². The Morgan fingerprint density at radius 2 is 1.12 bits per heavy atom. The Balaban J connectivity index is 2.24. The minimum atomic E-state index is -0.381. The van der Waals surface area contributed by atoms with Crippen molar-refractivity contribution in [2.45, 2.75) is 9.79 Å². The molecule has 0 unspecified atom stereocenters. The van der Waals surface area contributed by atoms with E-state index < -0.39 is 0 Å². The lowest BCUT2D eigenvalue weighted by Gasteiger charge is -2.09. The zero-order valence-corrected chi connectivity index (χ0v) is 16.7. The van der Waals surface area contributed by atoms with Crippen LogP contribution < -0.4 is 0 Å². The first-order valence-electron chi connectivity index (χ1n) is 6.60. The molecule has 0 bridgehead atoms. The third-order valence-electron chi connectivity index (χ3n) is 2.66. The largest absolute Gasteiger partial charge is 0.280 e. The highest BCUT2D eigenvalue weighted by molar-refractivity contribution is 8.14. The van der Waals surface area contributed by atoms with Gasteiger partial charge < -0.3 is 0 Å². The number of hydrogen-bond donors (Lipinski definition) is 0. The average molecular weight is 436 g/mol. The summed E-state index contributed by atoms with van der Waals surface area (Å²) in [4.78, 5) is 14.3. The number of halogens is 4. The first-order chi connectivity index (χ1) is 11.5. The van der Waals surface area contributed by atoms with Gasteiger partial charge in [0.25, 0.3) is 0 Å². The van der Waals surface area contributed by atoms with Gasteiger partial charge in [0.15, 0.2) is 0 Å². The third-order valence-corrected chi connectivity index (χ3v) is 6.34. The van der Waals surface area contributed by atoms with Gasteiger partial charge in [-0.1, -0.05) is 94.6 Å². The van der Waals surface area contributed by atoms with Gasteiger partial charge in [-0.2, -0.15) is 0 Å². The second-order valence-corrected chi connectivity index (χ2v) is 8.17. The van der Waals surface area contributed by atoms with Gasteiger partial charge in [-0.3, -0.25) is 4.79 Å². The van der Waals surface area contributed by atoms with Gasteiger partial charge in [-0.25, -0.2) is 0 Å². The van der Waals surface area contributed by atoms with Crippen molar-refractivity contribution in [3.05, 3.63) is 80.1 Å². The second-order valence-electron chi connectivity index (χ2n) is 4.34. The van der Waals surface area contributed by atoms with E-state index >= 15 is 0 Å². The summed E-state index contributed by atoms with van der Waals surface area (Å²) in [6, 6.07) is 18.5. The van der Waals surface area contributed by atoms with Crippen LogP contribution in [0.25, 0.3) is 0 Å². The fraction of sp³-hybridized carbons (Fsp3) is 0. The van der Waals surface area contributed by atoms with Crippen LogP contribution >= 0.6 is 69.9 Å². The molecule has 0 N–H and O–H groups in total. The van der Waals surface area contributed by atoms with Crippen molar-refractivity contribution in [3.8, 4) is 0 Å². The molecule has 0 saturated carbocycles. The lowest BCUT2D eigenvalue weighted by molar-refractivity contribution is -0.107. The number of benzene rings is 2. The Kier molecular flexibility index (Phi) is 8.08. The summed E-state index contributed by atoms with van der Waals surface area (Å²) in [5.74, 6) is 0. The molecule has 124 valence electrons. The molecule has 2 aromatic carbocycles. The maximum Gasteiger partial charge on any atom is 0.237 e. The molecule has 0 fully saturated rings. The minimum Gasteiger partial charge on any atom is -0.280 e. The van der Waals surface area contributed by atoms with Crippen LogP contribution in [0.4, 0.5) is 0 Å². The van der Waals surface area contributed by atoms with Crippen LogP contribution in [-0.4, -0.2) is 5.12 Å². The normalized spacial score (nSPS) is 11.7. The Morgan fingerprint density at radius 1 is 0.667 bits per heavy atom. The fourth-order valence-electron chi connectivity index (χ4n) is 1.60. The molecular formula is C17H10Cl4OS2. The van der Waals surface area contributed by atoms with Crippen LogP contribution in [-0.2, 0) is 4.79 Å². The van der Waals surface area contributed by atoms with Gasteiger partial charge in [0.2, 0.25) is 5.12 Å². The summed E-state index contributed by atoms with van der Waals surface area (Å²) in [5.41, 5.74) is 0. The Hall–Kier alpha value is -0.550. The van der Waals surface area contributed by atoms with Crippen molar-refractivity contribution < 1.29 is 4.79 Å². The lowest BCUT2D eigenvalue weighted by atomic mass is 10.4. The molecular weight excluding hydrogens is 426 g/mol. The number of rotatable bonds is 5. The summed E-state index contributed by atoms with van der Waals surface area (Å²) in [6.07, 6.45) is 0. The van der Waals surface area contributed by atoms with Crippen LogP contribution in [0.1, 0.15) is 0 Å². The summed E-state index contributed by atoms with van der Waals surface area (Å²) in [6.45, 7) is 0. The van der Waals surface area contributed by atoms with E-state index in [0.717, 1.165) is 21.6 Å². The van der Waals surface area contributed by atoms with Gasteiger partial charge >= 0.3 is 0 Å². The van der Waals surface area contributed by atoms with E-state index in [1.54, 1.807) is 0 Å². The molecule has 0 spiro atoms. The molecule has 0 aliphatic rings. The van der Waals surface area contributed by atoms with Crippen LogP contribution in [0.3, 0.4) is 0 Å². The molecule has 7 heteroatoms. The van der Waals surface area contributed by atoms with Gasteiger partial charge in [-0.15, -0.1) is 0 Å². The van der Waals surface area contributed by atoms with Crippen molar-refractivity contribution in [2.75, 3.05) is 0 Å². The number of carbonyl (C=O) groups is 1. The second kappa shape index (κ2) is 9.81. The SMILES string of the molecule is O=C(Sc1ccccc1)/C(Cl)=C(/Cl)C(Sc1ccccc1)=C(Cl)Cl. The maximum absolute atomic E-state index is 12.3. The van der Waals surface area contributed by atoms with E-state index in [-0.39, 0.29) is 19.7 Å². The number of hydrogen-bond acceptors (Lipinski definition) is 3. The zero-order valence-electron chi connectivity index (χ0n) is 12.0. The van der Waals surface area contributed by atoms with Crippen LogP contribution in [0.2, 0.25) is 0 Å². The Morgan fingerprint density at radius 3 is 1.58 bits per heavy atom. The number of thioether (sulfide) groups is 2. The first kappa shape index (κ1) is 19.8. The molecule has 2 aromatic rings. The monoisotopic (exact) mass is 434 g/mol. The summed E-state index contributed by atoms with van der Waals surface area (Å²) in [5, 5.41) is -0.477. The standard InChI is InChI=1S/C17H10Cl4OS2/c18-13(14(19)17(22)24-12-9-5-2-6-10-12)15(16(20)21)23-11-7-3-1-4-8-11/h1-10H/b14-13-. The Bertz CT molecular complexity index is 770. The van der Waals surface area contributed by atoms with Gasteiger partial charge in [-0.05, 0) is 36.0 Å². The van der Waals surface area contributed by atoms with Crippen LogP contribution in [0.5, 0.6) is 0 Å². The molecule has 0 aliphatic heterocycles. The molecule has 0 heterocycles. The maximum atomic E-state index is 12.3. The molecule has 2 rings (SSSR count). The van der Waals surface area contributed by atoms with E-state index in [2.05, 4.69) is 0 Å². The summed E-state index contributed by atoms with van der Waals surface area (Å²) < 4.78 is -0.0514. The topological polar surface area (TPSA) is 17.1 Å². The fourth-order valence-corrected chi connectivity index (χ4v) is 4.23. The van der Waals surface area contributed by atoms with Crippen LogP contribution in [0.15, 0.2) is 89.9 Å². The lowest BCUT2D eigenvalue weighted by Crippen LogP contribution is -1.95. The smallest absolute Gasteiger partial charge is 0.237 e. The van der Waals surface area contributed by atoms with Gasteiger partial charge in [0.05, 0.1) is 9.94 Å². The highest BCUT2D eigenvalue weighted by Crippen LogP contribution is 2.41. The highest BCUT2D eigenvalue weighted by Gasteiger charge is 2.19. The van der Waals surface area contributed by atoms with Crippen molar-refractivity contribution in [2.24, 2.45) is 0 Å². The predicted molar refractivity (Wildman–Crippen MR) is 107 cm³/mol. The van der Waals surface area contributed by atoms with Crippen molar-refractivity contribution in [3.63, 3.8) is 0 Å². The van der Waals surface area contributed by atoms with E-state index in [1.165, 1.54) is 11.8 Å². The van der Waals surface area contributed by atoms with E-state index in [4.69, 9.17) is 46.4 Å². The molecule has 0 atom stereocenters. The predicted octanol–water partition coefficient (Wildman–Crippen LogP) is 7.43. The van der Waals surface area contributed by atoms with Gasteiger partial charge in [0.1, 0.15) is 9.52 Å². The van der Waals surface area contributed by atoms with E-state index in [0.29, 0.717) is 4.91 Å². The first-order valence-corrected chi connectivity index (χ1v) is 9.74. The van der Waals surface area contributed by atoms with Crippen molar-refractivity contribution in [1.82, 2.24) is 0 Å². The molecule has 0 radical (unpaired) electrons. The molecule has 1 nitrogen and oxygen atoms in total. The van der Waals surface area contributed by atoms with Gasteiger partial charge in [0, 0.05) is 9.79 Å². The minimum absolute atomic E-state index is 0.0268. The molecule has 0 aromatic heterocycles. The molecule has 24 heavy (non-hydrogen) atoms. The Labute approximate surface area is 169 Å². The quantitative estimate of drug-likeness (QED) is 0.276. The zero-order chi connectivity index (χ0) is 17.5. The molecule has 0 amide bonds. The van der Waals surface area contributed by atoms with Crippen molar-refractivity contribution in [1.29, 1.82) is 0 Å². The summed E-state index contributed by atoms with van der Waals surface area (Å²) in [7, 11) is 0. The average Bonchev–Trinajstić information content (AvgIpc) is 2.60. The number of carbonyl (C=O) groups excluding carboxylic acids is 1. The number of allylic oxidation sites excluding steroid dienone is 1. The molecule has 0 aliphatic carbocycles.